The van der Waals surface area contributed by atoms with E-state index in [1.165, 1.54) is 0 Å². The SMILES string of the molecule is COc1ccc(Nc2ccc3c(O)c(N=Nc4cc(C)c(N=Nc5cc(C)c(N=Nc6ccccc6)cc5C)cc4OC)ccc3c2)cc1. The molecule has 0 heterocycles. The third kappa shape index (κ3) is 7.60. The third-order valence-corrected chi connectivity index (χ3v) is 7.92. The summed E-state index contributed by atoms with van der Waals surface area (Å²) in [4.78, 5) is 0. The van der Waals surface area contributed by atoms with Crippen LogP contribution in [0.2, 0.25) is 0 Å². The van der Waals surface area contributed by atoms with Crippen LogP contribution in [-0.2, 0) is 0 Å². The molecule has 0 fully saturated rings. The van der Waals surface area contributed by atoms with Gasteiger partial charge in [-0.2, -0.15) is 20.5 Å². The van der Waals surface area contributed by atoms with E-state index in [2.05, 4.69) is 36.0 Å². The van der Waals surface area contributed by atoms with Crippen molar-refractivity contribution in [1.82, 2.24) is 0 Å². The fourth-order valence-corrected chi connectivity index (χ4v) is 5.14. The molecule has 0 aliphatic rings. The Morgan fingerprint density at radius 2 is 1.08 bits per heavy atom. The van der Waals surface area contributed by atoms with Gasteiger partial charge < -0.3 is 19.9 Å². The zero-order valence-electron chi connectivity index (χ0n) is 27.8. The van der Waals surface area contributed by atoms with Crippen LogP contribution in [0.5, 0.6) is 17.2 Å². The number of anilines is 2. The number of phenolic OH excluding ortho intramolecular Hbond substituents is 1. The number of aryl methyl sites for hydroxylation is 3. The zero-order chi connectivity index (χ0) is 34.3. The predicted octanol–water partition coefficient (Wildman–Crippen LogP) is 12.5. The number of nitrogens with one attached hydrogen (secondary N) is 1. The van der Waals surface area contributed by atoms with Gasteiger partial charge in [-0.25, -0.2) is 0 Å². The summed E-state index contributed by atoms with van der Waals surface area (Å²) in [7, 11) is 3.20. The minimum atomic E-state index is 0.0385. The number of ether oxygens (including phenoxy) is 2. The fourth-order valence-electron chi connectivity index (χ4n) is 5.14. The molecule has 49 heavy (non-hydrogen) atoms. The van der Waals surface area contributed by atoms with Crippen LogP contribution in [0.15, 0.2) is 140 Å². The summed E-state index contributed by atoms with van der Waals surface area (Å²) in [5.74, 6) is 1.30. The Balaban J connectivity index is 1.19. The number of azo groups is 3. The van der Waals surface area contributed by atoms with Gasteiger partial charge in [0.15, 0.2) is 5.75 Å². The van der Waals surface area contributed by atoms with Gasteiger partial charge in [0.05, 0.1) is 37.0 Å². The van der Waals surface area contributed by atoms with Gasteiger partial charge in [0, 0.05) is 22.8 Å². The molecule has 0 amide bonds. The molecule has 0 aliphatic carbocycles. The van der Waals surface area contributed by atoms with E-state index in [-0.39, 0.29) is 5.75 Å². The molecule has 2 N–H and O–H groups in total. The molecule has 0 bridgehead atoms. The van der Waals surface area contributed by atoms with E-state index in [0.29, 0.717) is 28.2 Å². The lowest BCUT2D eigenvalue weighted by atomic mass is 10.1. The largest absolute Gasteiger partial charge is 0.505 e. The molecule has 0 saturated carbocycles. The van der Waals surface area contributed by atoms with Crippen LogP contribution in [0.25, 0.3) is 10.8 Å². The van der Waals surface area contributed by atoms with Crippen molar-refractivity contribution < 1.29 is 14.6 Å². The molecule has 244 valence electrons. The van der Waals surface area contributed by atoms with Crippen LogP contribution in [0, 0.1) is 20.8 Å². The van der Waals surface area contributed by atoms with Crippen LogP contribution in [-0.4, -0.2) is 19.3 Å². The van der Waals surface area contributed by atoms with E-state index in [9.17, 15) is 5.11 Å². The quantitative estimate of drug-likeness (QED) is 0.143. The van der Waals surface area contributed by atoms with Gasteiger partial charge in [-0.1, -0.05) is 24.3 Å². The van der Waals surface area contributed by atoms with Crippen molar-refractivity contribution in [2.24, 2.45) is 30.7 Å². The second-order valence-corrected chi connectivity index (χ2v) is 11.4. The number of methoxy groups -OCH3 is 2. The molecule has 0 unspecified atom stereocenters. The maximum Gasteiger partial charge on any atom is 0.150 e. The van der Waals surface area contributed by atoms with Gasteiger partial charge in [0.1, 0.15) is 22.9 Å². The summed E-state index contributed by atoms with van der Waals surface area (Å²) >= 11 is 0. The summed E-state index contributed by atoms with van der Waals surface area (Å²) in [5, 5.41) is 42.5. The molecule has 6 rings (SSSR count). The van der Waals surface area contributed by atoms with Gasteiger partial charge in [-0.3, -0.25) is 0 Å². The molecule has 0 saturated heterocycles. The number of hydrogen-bond donors (Lipinski definition) is 2. The standard InChI is InChI=1S/C39H35N7O3/c1-24-20-35(25(2)19-34(24)43-41-29-9-7-6-8-10-29)44-45-36-23-38(49-5)37(21-26(36)3)46-42-33-18-11-27-22-30(14-17-32(27)39(33)47)40-28-12-15-31(48-4)16-13-28/h6-23,40,47H,1-5H3. The monoisotopic (exact) mass is 649 g/mol. The molecule has 0 aliphatic heterocycles. The lowest BCUT2D eigenvalue weighted by Gasteiger charge is -2.10. The third-order valence-electron chi connectivity index (χ3n) is 7.92. The van der Waals surface area contributed by atoms with Crippen molar-refractivity contribution in [1.29, 1.82) is 0 Å². The van der Waals surface area contributed by atoms with E-state index >= 15 is 0 Å². The zero-order valence-corrected chi connectivity index (χ0v) is 27.8. The predicted molar refractivity (Wildman–Crippen MR) is 195 cm³/mol. The van der Waals surface area contributed by atoms with Gasteiger partial charge in [-0.15, -0.1) is 10.2 Å². The van der Waals surface area contributed by atoms with Crippen molar-refractivity contribution in [3.05, 3.63) is 126 Å². The molecular formula is C39H35N7O3. The van der Waals surface area contributed by atoms with Crippen molar-refractivity contribution in [2.45, 2.75) is 20.8 Å². The summed E-state index contributed by atoms with van der Waals surface area (Å²) in [5.41, 5.74) is 8.27. The van der Waals surface area contributed by atoms with Crippen LogP contribution >= 0.6 is 0 Å². The molecule has 10 nitrogen and oxygen atoms in total. The van der Waals surface area contributed by atoms with Gasteiger partial charge in [-0.05, 0) is 122 Å². The number of fused-ring (bicyclic) bond motifs is 1. The Labute approximate surface area is 284 Å². The fraction of sp³-hybridized carbons (Fsp3) is 0.128. The first-order chi connectivity index (χ1) is 23.8. The molecular weight excluding hydrogens is 614 g/mol. The summed E-state index contributed by atoms with van der Waals surface area (Å²) in [6.07, 6.45) is 0. The van der Waals surface area contributed by atoms with Crippen molar-refractivity contribution >= 4 is 56.3 Å². The van der Waals surface area contributed by atoms with Crippen molar-refractivity contribution in [3.63, 3.8) is 0 Å². The van der Waals surface area contributed by atoms with Crippen molar-refractivity contribution in [3.8, 4) is 17.2 Å². The highest BCUT2D eigenvalue weighted by Gasteiger charge is 2.11. The van der Waals surface area contributed by atoms with Gasteiger partial charge in [0.2, 0.25) is 0 Å². The Hall–Kier alpha value is -6.42. The van der Waals surface area contributed by atoms with Crippen molar-refractivity contribution in [2.75, 3.05) is 19.5 Å². The highest BCUT2D eigenvalue weighted by molar-refractivity contribution is 5.94. The highest BCUT2D eigenvalue weighted by Crippen LogP contribution is 2.40. The second kappa shape index (κ2) is 14.6. The number of rotatable bonds is 10. The lowest BCUT2D eigenvalue weighted by molar-refractivity contribution is 0.415. The minimum absolute atomic E-state index is 0.0385. The smallest absolute Gasteiger partial charge is 0.150 e. The van der Waals surface area contributed by atoms with Gasteiger partial charge in [0.25, 0.3) is 0 Å². The second-order valence-electron chi connectivity index (χ2n) is 11.4. The summed E-state index contributed by atoms with van der Waals surface area (Å²) in [6.45, 7) is 5.85. The Bertz CT molecular complexity index is 2210. The van der Waals surface area contributed by atoms with E-state index < -0.39 is 0 Å². The van der Waals surface area contributed by atoms with E-state index in [1.54, 1.807) is 26.4 Å². The Morgan fingerprint density at radius 3 is 1.73 bits per heavy atom. The average molecular weight is 650 g/mol. The topological polar surface area (TPSA) is 125 Å². The first-order valence-electron chi connectivity index (χ1n) is 15.6. The van der Waals surface area contributed by atoms with Crippen LogP contribution in [0.3, 0.4) is 0 Å². The normalized spacial score (nSPS) is 11.6. The highest BCUT2D eigenvalue weighted by atomic mass is 16.5. The first kappa shape index (κ1) is 32.5. The first-order valence-corrected chi connectivity index (χ1v) is 15.6. The van der Waals surface area contributed by atoms with Crippen LogP contribution < -0.4 is 14.8 Å². The lowest BCUT2D eigenvalue weighted by Crippen LogP contribution is -1.90. The van der Waals surface area contributed by atoms with Gasteiger partial charge >= 0.3 is 0 Å². The summed E-state index contributed by atoms with van der Waals surface area (Å²) in [6, 6.07) is 34.1. The molecule has 6 aromatic rings. The molecule has 0 aromatic heterocycles. The number of phenols is 1. The van der Waals surface area contributed by atoms with E-state index in [1.807, 2.05) is 118 Å². The number of benzene rings is 6. The molecule has 0 radical (unpaired) electrons. The van der Waals surface area contributed by atoms with Crippen LogP contribution in [0.1, 0.15) is 16.7 Å². The maximum absolute atomic E-state index is 11.1. The van der Waals surface area contributed by atoms with E-state index in [0.717, 1.165) is 56.3 Å². The summed E-state index contributed by atoms with van der Waals surface area (Å²) < 4.78 is 10.9. The number of nitrogens with zero attached hydrogens (tertiary/aromatic N) is 6. The minimum Gasteiger partial charge on any atom is -0.505 e. The van der Waals surface area contributed by atoms with E-state index in [4.69, 9.17) is 9.47 Å². The Morgan fingerprint density at radius 1 is 0.510 bits per heavy atom. The maximum atomic E-state index is 11.1. The molecule has 10 heteroatoms. The Kier molecular flexibility index (Phi) is 9.66. The van der Waals surface area contributed by atoms with Crippen LogP contribution in [0.4, 0.5) is 45.5 Å². The molecule has 0 atom stereocenters. The number of aromatic hydroxyl groups is 1. The number of hydrogen-bond acceptors (Lipinski definition) is 10. The molecule has 0 spiro atoms. The average Bonchev–Trinajstić information content (AvgIpc) is 3.12. The molecule has 6 aromatic carbocycles.